The Hall–Kier alpha value is -2.33. The van der Waals surface area contributed by atoms with Gasteiger partial charge in [0.15, 0.2) is 5.76 Å². The summed E-state index contributed by atoms with van der Waals surface area (Å²) in [4.78, 5) is 15.0. The second-order valence-electron chi connectivity index (χ2n) is 6.88. The van der Waals surface area contributed by atoms with Crippen LogP contribution < -0.4 is 0 Å². The van der Waals surface area contributed by atoms with Crippen LogP contribution in [0.3, 0.4) is 0 Å². The van der Waals surface area contributed by atoms with Crippen molar-refractivity contribution in [3.8, 4) is 0 Å². The molecule has 1 aliphatic rings. The maximum atomic E-state index is 13.1. The zero-order valence-corrected chi connectivity index (χ0v) is 14.5. The van der Waals surface area contributed by atoms with Crippen LogP contribution in [0.1, 0.15) is 41.8 Å². The van der Waals surface area contributed by atoms with Crippen molar-refractivity contribution >= 4 is 27.6 Å². The summed E-state index contributed by atoms with van der Waals surface area (Å²) in [5.41, 5.74) is 1.71. The zero-order chi connectivity index (χ0) is 17.4. The number of nitrogens with zero attached hydrogens (tertiary/aromatic N) is 1. The van der Waals surface area contributed by atoms with E-state index in [2.05, 4.69) is 12.1 Å². The molecule has 1 fully saturated rings. The average Bonchev–Trinajstić information content (AvgIpc) is 3.41. The number of furan rings is 1. The monoisotopic (exact) mass is 337 g/mol. The van der Waals surface area contributed by atoms with Gasteiger partial charge in [0.25, 0.3) is 5.91 Å². The number of amides is 1. The van der Waals surface area contributed by atoms with E-state index in [1.807, 2.05) is 36.1 Å². The molecular formula is C21H23NO3. The van der Waals surface area contributed by atoms with Crippen molar-refractivity contribution in [3.05, 3.63) is 47.7 Å². The number of fused-ring (bicyclic) bond motifs is 3. The third-order valence-electron chi connectivity index (χ3n) is 5.08. The highest BCUT2D eigenvalue weighted by atomic mass is 16.3. The number of aryl methyl sites for hydroxylation is 1. The van der Waals surface area contributed by atoms with Gasteiger partial charge in [-0.15, -0.1) is 0 Å². The fourth-order valence-electron chi connectivity index (χ4n) is 3.51. The average molecular weight is 337 g/mol. The molecule has 1 aromatic heterocycles. The van der Waals surface area contributed by atoms with Gasteiger partial charge in [-0.25, -0.2) is 0 Å². The van der Waals surface area contributed by atoms with Gasteiger partial charge in [0.1, 0.15) is 5.58 Å². The van der Waals surface area contributed by atoms with Crippen molar-refractivity contribution in [2.45, 2.75) is 38.6 Å². The predicted octanol–water partition coefficient (Wildman–Crippen LogP) is 4.27. The lowest BCUT2D eigenvalue weighted by Crippen LogP contribution is -2.34. The number of carbonyl (C=O) groups is 1. The van der Waals surface area contributed by atoms with E-state index < -0.39 is 0 Å². The summed E-state index contributed by atoms with van der Waals surface area (Å²) < 4.78 is 6.10. The van der Waals surface area contributed by atoms with E-state index in [9.17, 15) is 4.79 Å². The van der Waals surface area contributed by atoms with E-state index in [0.29, 0.717) is 18.3 Å². The minimum Gasteiger partial charge on any atom is -0.450 e. The van der Waals surface area contributed by atoms with Crippen molar-refractivity contribution in [1.29, 1.82) is 0 Å². The Morgan fingerprint density at radius 3 is 2.72 bits per heavy atom. The Bertz CT molecular complexity index is 923. The Labute approximate surface area is 147 Å². The summed E-state index contributed by atoms with van der Waals surface area (Å²) >= 11 is 0. The van der Waals surface area contributed by atoms with Gasteiger partial charge in [-0.3, -0.25) is 4.79 Å². The third-order valence-corrected chi connectivity index (χ3v) is 5.08. The molecule has 0 radical (unpaired) electrons. The molecule has 1 heterocycles. The summed E-state index contributed by atoms with van der Waals surface area (Å²) in [6.07, 6.45) is 3.67. The first-order valence-corrected chi connectivity index (χ1v) is 9.03. The number of rotatable bonds is 6. The van der Waals surface area contributed by atoms with Crippen LogP contribution in [0.25, 0.3) is 21.7 Å². The number of carbonyl (C=O) groups excluding carboxylic acids is 1. The van der Waals surface area contributed by atoms with Crippen molar-refractivity contribution in [1.82, 2.24) is 4.90 Å². The molecule has 1 aliphatic carbocycles. The molecule has 0 saturated heterocycles. The molecule has 130 valence electrons. The summed E-state index contributed by atoms with van der Waals surface area (Å²) in [5, 5.41) is 12.2. The molecule has 0 bridgehead atoms. The van der Waals surface area contributed by atoms with Crippen molar-refractivity contribution in [2.75, 3.05) is 13.2 Å². The number of unbranched alkanes of at least 4 members (excludes halogenated alkanes) is 1. The van der Waals surface area contributed by atoms with E-state index in [0.717, 1.165) is 53.0 Å². The molecule has 25 heavy (non-hydrogen) atoms. The van der Waals surface area contributed by atoms with E-state index in [1.165, 1.54) is 0 Å². The highest BCUT2D eigenvalue weighted by Crippen LogP contribution is 2.34. The van der Waals surface area contributed by atoms with Crippen LogP contribution in [0.5, 0.6) is 0 Å². The van der Waals surface area contributed by atoms with Gasteiger partial charge in [0.05, 0.1) is 0 Å². The number of aliphatic hydroxyl groups excluding tert-OH is 1. The molecule has 1 amide bonds. The molecule has 3 aromatic rings. The molecule has 1 N–H and O–H groups in total. The Morgan fingerprint density at radius 2 is 1.96 bits per heavy atom. The topological polar surface area (TPSA) is 53.7 Å². The molecular weight excluding hydrogens is 314 g/mol. The minimum atomic E-state index is -0.0155. The van der Waals surface area contributed by atoms with Gasteiger partial charge in [-0.2, -0.15) is 0 Å². The van der Waals surface area contributed by atoms with E-state index >= 15 is 0 Å². The largest absolute Gasteiger partial charge is 0.450 e. The van der Waals surface area contributed by atoms with Crippen molar-refractivity contribution in [2.24, 2.45) is 0 Å². The number of hydrogen-bond donors (Lipinski definition) is 1. The number of hydrogen-bond acceptors (Lipinski definition) is 3. The first-order chi connectivity index (χ1) is 12.2. The third kappa shape index (κ3) is 2.91. The van der Waals surface area contributed by atoms with Crippen molar-refractivity contribution < 1.29 is 14.3 Å². The second kappa shape index (κ2) is 6.52. The highest BCUT2D eigenvalue weighted by Gasteiger charge is 2.35. The van der Waals surface area contributed by atoms with Gasteiger partial charge < -0.3 is 14.4 Å². The highest BCUT2D eigenvalue weighted by molar-refractivity contribution is 6.08. The van der Waals surface area contributed by atoms with Crippen LogP contribution in [0, 0.1) is 6.92 Å². The summed E-state index contributed by atoms with van der Waals surface area (Å²) in [7, 11) is 0. The fraction of sp³-hybridized carbons (Fsp3) is 0.381. The zero-order valence-electron chi connectivity index (χ0n) is 14.5. The van der Waals surface area contributed by atoms with Crippen molar-refractivity contribution in [3.63, 3.8) is 0 Å². The van der Waals surface area contributed by atoms with E-state index in [1.54, 1.807) is 0 Å². The van der Waals surface area contributed by atoms with Crippen LogP contribution in [0.4, 0.5) is 0 Å². The maximum absolute atomic E-state index is 13.1. The first-order valence-electron chi connectivity index (χ1n) is 9.03. The second-order valence-corrected chi connectivity index (χ2v) is 6.88. The fourth-order valence-corrected chi connectivity index (χ4v) is 3.51. The normalized spacial score (nSPS) is 14.3. The number of benzene rings is 2. The lowest BCUT2D eigenvalue weighted by atomic mass is 10.1. The molecule has 4 rings (SSSR count). The molecule has 0 atom stereocenters. The maximum Gasteiger partial charge on any atom is 0.290 e. The summed E-state index contributed by atoms with van der Waals surface area (Å²) in [6.45, 7) is 2.82. The van der Waals surface area contributed by atoms with Crippen LogP contribution >= 0.6 is 0 Å². The standard InChI is InChI=1S/C21H23NO3/c1-14-17-11-8-15-6-2-3-7-18(15)20(17)25-19(14)21(24)22(16-9-10-16)12-4-5-13-23/h2-3,6-8,11,16,23H,4-5,9-10,12-13H2,1H3. The molecule has 4 nitrogen and oxygen atoms in total. The predicted molar refractivity (Wildman–Crippen MR) is 98.8 cm³/mol. The SMILES string of the molecule is Cc1c(C(=O)N(CCCCO)C2CC2)oc2c1ccc1ccccc12. The molecule has 1 saturated carbocycles. The van der Waals surface area contributed by atoms with Gasteiger partial charge in [0.2, 0.25) is 0 Å². The lowest BCUT2D eigenvalue weighted by Gasteiger charge is -2.21. The van der Waals surface area contributed by atoms with Crippen LogP contribution in [-0.4, -0.2) is 35.1 Å². The van der Waals surface area contributed by atoms with Crippen LogP contribution in [-0.2, 0) is 0 Å². The smallest absolute Gasteiger partial charge is 0.290 e. The summed E-state index contributed by atoms with van der Waals surface area (Å²) in [6, 6.07) is 12.5. The minimum absolute atomic E-state index is 0.0155. The van der Waals surface area contributed by atoms with Gasteiger partial charge in [-0.1, -0.05) is 36.4 Å². The Kier molecular flexibility index (Phi) is 4.22. The molecule has 2 aromatic carbocycles. The summed E-state index contributed by atoms with van der Waals surface area (Å²) in [5.74, 6) is 0.445. The Morgan fingerprint density at radius 1 is 1.16 bits per heavy atom. The van der Waals surface area contributed by atoms with Crippen LogP contribution in [0.15, 0.2) is 40.8 Å². The van der Waals surface area contributed by atoms with Gasteiger partial charge >= 0.3 is 0 Å². The first kappa shape index (κ1) is 16.2. The van der Waals surface area contributed by atoms with E-state index in [4.69, 9.17) is 9.52 Å². The van der Waals surface area contributed by atoms with Crippen LogP contribution in [0.2, 0.25) is 0 Å². The Balaban J connectivity index is 1.73. The van der Waals surface area contributed by atoms with Gasteiger partial charge in [0, 0.05) is 35.5 Å². The quantitative estimate of drug-likeness (QED) is 0.683. The molecule has 0 aliphatic heterocycles. The van der Waals surface area contributed by atoms with Gasteiger partial charge in [-0.05, 0) is 38.0 Å². The molecule has 0 unspecified atom stereocenters. The molecule has 0 spiro atoms. The number of aliphatic hydroxyl groups is 1. The lowest BCUT2D eigenvalue weighted by molar-refractivity contribution is 0.0706. The molecule has 4 heteroatoms. The van der Waals surface area contributed by atoms with E-state index in [-0.39, 0.29) is 12.5 Å².